The fraction of sp³-hybridized carbons (Fsp3) is 0.524. The van der Waals surface area contributed by atoms with Gasteiger partial charge in [0.25, 0.3) is 0 Å². The van der Waals surface area contributed by atoms with Gasteiger partial charge in [0.05, 0.1) is 11.8 Å². The Balaban J connectivity index is 1.64. The Morgan fingerprint density at radius 2 is 2.00 bits per heavy atom. The van der Waals surface area contributed by atoms with Gasteiger partial charge < -0.3 is 14.9 Å². The van der Waals surface area contributed by atoms with Gasteiger partial charge in [-0.2, -0.15) is 0 Å². The minimum atomic E-state index is -0.485. The van der Waals surface area contributed by atoms with E-state index in [2.05, 4.69) is 40.9 Å². The lowest BCUT2D eigenvalue weighted by molar-refractivity contribution is 0.170. The zero-order valence-corrected chi connectivity index (χ0v) is 16.6. The number of hydrogen-bond donors (Lipinski definition) is 1. The van der Waals surface area contributed by atoms with Crippen molar-refractivity contribution < 1.29 is 5.11 Å². The van der Waals surface area contributed by atoms with Crippen LogP contribution in [0.3, 0.4) is 0 Å². The third-order valence-electron chi connectivity index (χ3n) is 6.76. The first-order valence-electron chi connectivity index (χ1n) is 9.77. The van der Waals surface area contributed by atoms with E-state index in [1.807, 2.05) is 6.07 Å². The molecule has 0 radical (unpaired) electrons. The Hall–Kier alpha value is -1.69. The standard InChI is InChI=1S/C21H25ClN4O/c1-13-9-17(27)19-18(13)20(24-12-23-19)26-11-21(5-7-25(2)8-6-21)15-10-14(22)3-4-16(15)26/h3-4,10,12-13,17,27H,5-9,11H2,1-2H3/t13-,17-/m1/s1. The van der Waals surface area contributed by atoms with Gasteiger partial charge >= 0.3 is 0 Å². The smallest absolute Gasteiger partial charge is 0.140 e. The van der Waals surface area contributed by atoms with Gasteiger partial charge in [0.1, 0.15) is 12.1 Å². The molecule has 1 aromatic carbocycles. The predicted octanol–water partition coefficient (Wildman–Crippen LogP) is 3.79. The molecular weight excluding hydrogens is 360 g/mol. The van der Waals surface area contributed by atoms with Gasteiger partial charge in [0.2, 0.25) is 0 Å². The van der Waals surface area contributed by atoms with Crippen molar-refractivity contribution >= 4 is 23.1 Å². The molecule has 2 aliphatic heterocycles. The number of fused-ring (bicyclic) bond motifs is 3. The number of aromatic nitrogens is 2. The Kier molecular flexibility index (Phi) is 3.97. The molecule has 27 heavy (non-hydrogen) atoms. The van der Waals surface area contributed by atoms with Gasteiger partial charge in [-0.1, -0.05) is 18.5 Å². The van der Waals surface area contributed by atoms with Crippen molar-refractivity contribution in [2.24, 2.45) is 0 Å². The topological polar surface area (TPSA) is 52.5 Å². The number of hydrogen-bond acceptors (Lipinski definition) is 5. The SMILES string of the molecule is C[C@@H]1C[C@@H](O)c2ncnc(N3CC4(CCN(C)CC4)c4cc(Cl)ccc43)c21. The molecule has 0 amide bonds. The lowest BCUT2D eigenvalue weighted by Gasteiger charge is -2.38. The monoisotopic (exact) mass is 384 g/mol. The van der Waals surface area contributed by atoms with Crippen molar-refractivity contribution in [3.05, 3.63) is 46.4 Å². The maximum absolute atomic E-state index is 10.4. The van der Waals surface area contributed by atoms with Crippen LogP contribution in [0.1, 0.15) is 55.0 Å². The first-order chi connectivity index (χ1) is 13.0. The molecule has 142 valence electrons. The Morgan fingerprint density at radius 3 is 2.78 bits per heavy atom. The van der Waals surface area contributed by atoms with Crippen molar-refractivity contribution in [3.8, 4) is 0 Å². The summed E-state index contributed by atoms with van der Waals surface area (Å²) in [7, 11) is 2.19. The highest BCUT2D eigenvalue weighted by Crippen LogP contribution is 2.52. The van der Waals surface area contributed by atoms with Gasteiger partial charge in [-0.25, -0.2) is 9.97 Å². The molecule has 0 saturated carbocycles. The number of rotatable bonds is 1. The Bertz CT molecular complexity index is 894. The average Bonchev–Trinajstić information content (AvgIpc) is 3.13. The quantitative estimate of drug-likeness (QED) is 0.810. The molecule has 6 heteroatoms. The molecule has 2 atom stereocenters. The number of benzene rings is 1. The third-order valence-corrected chi connectivity index (χ3v) is 7.00. The molecule has 1 fully saturated rings. The van der Waals surface area contributed by atoms with E-state index in [0.717, 1.165) is 61.0 Å². The van der Waals surface area contributed by atoms with Crippen LogP contribution in [0.15, 0.2) is 24.5 Å². The summed E-state index contributed by atoms with van der Waals surface area (Å²) in [4.78, 5) is 13.8. The van der Waals surface area contributed by atoms with E-state index in [-0.39, 0.29) is 11.3 Å². The highest BCUT2D eigenvalue weighted by molar-refractivity contribution is 6.30. The first kappa shape index (κ1) is 17.4. The van der Waals surface area contributed by atoms with Gasteiger partial charge in [-0.05, 0) is 69.1 Å². The van der Waals surface area contributed by atoms with Crippen LogP contribution < -0.4 is 4.90 Å². The van der Waals surface area contributed by atoms with Gasteiger partial charge in [-0.3, -0.25) is 0 Å². The minimum absolute atomic E-state index is 0.116. The molecule has 1 saturated heterocycles. The second kappa shape index (κ2) is 6.16. The summed E-state index contributed by atoms with van der Waals surface area (Å²) < 4.78 is 0. The van der Waals surface area contributed by atoms with E-state index in [4.69, 9.17) is 16.6 Å². The lowest BCUT2D eigenvalue weighted by atomic mass is 9.74. The summed E-state index contributed by atoms with van der Waals surface area (Å²) in [6.07, 6.45) is 4.09. The van der Waals surface area contributed by atoms with Crippen LogP contribution in [0.2, 0.25) is 5.02 Å². The summed E-state index contributed by atoms with van der Waals surface area (Å²) >= 11 is 6.40. The van der Waals surface area contributed by atoms with Crippen molar-refractivity contribution in [3.63, 3.8) is 0 Å². The Labute approximate surface area is 165 Å². The number of likely N-dealkylation sites (tertiary alicyclic amines) is 1. The fourth-order valence-corrected chi connectivity index (χ4v) is 5.39. The van der Waals surface area contributed by atoms with E-state index >= 15 is 0 Å². The molecule has 1 aliphatic carbocycles. The van der Waals surface area contributed by atoms with Crippen molar-refractivity contribution in [1.82, 2.24) is 14.9 Å². The number of anilines is 2. The van der Waals surface area contributed by atoms with Crippen molar-refractivity contribution in [2.75, 3.05) is 31.6 Å². The van der Waals surface area contributed by atoms with E-state index in [0.29, 0.717) is 0 Å². The Morgan fingerprint density at radius 1 is 1.22 bits per heavy atom. The molecule has 1 N–H and O–H groups in total. The molecule has 5 nitrogen and oxygen atoms in total. The molecule has 3 heterocycles. The van der Waals surface area contributed by atoms with Crippen LogP contribution in [0.25, 0.3) is 0 Å². The van der Waals surface area contributed by atoms with Crippen LogP contribution in [-0.4, -0.2) is 46.7 Å². The minimum Gasteiger partial charge on any atom is -0.387 e. The fourth-order valence-electron chi connectivity index (χ4n) is 5.22. The summed E-state index contributed by atoms with van der Waals surface area (Å²) in [6, 6.07) is 6.26. The summed E-state index contributed by atoms with van der Waals surface area (Å²) in [5.74, 6) is 1.22. The number of aliphatic hydroxyl groups is 1. The second-order valence-corrected chi connectivity index (χ2v) is 8.92. The normalized spacial score (nSPS) is 26.4. The van der Waals surface area contributed by atoms with Gasteiger partial charge in [-0.15, -0.1) is 0 Å². The highest BCUT2D eigenvalue weighted by Gasteiger charge is 2.46. The van der Waals surface area contributed by atoms with Crippen LogP contribution in [0, 0.1) is 0 Å². The predicted molar refractivity (Wildman–Crippen MR) is 107 cm³/mol. The molecular formula is C21H25ClN4O. The maximum Gasteiger partial charge on any atom is 0.140 e. The summed E-state index contributed by atoms with van der Waals surface area (Å²) in [5.41, 5.74) is 4.58. The highest BCUT2D eigenvalue weighted by atomic mass is 35.5. The summed E-state index contributed by atoms with van der Waals surface area (Å²) in [6.45, 7) is 5.27. The number of halogens is 1. The van der Waals surface area contributed by atoms with Crippen LogP contribution in [0.4, 0.5) is 11.5 Å². The lowest BCUT2D eigenvalue weighted by Crippen LogP contribution is -2.43. The number of aliphatic hydroxyl groups excluding tert-OH is 1. The molecule has 1 spiro atoms. The van der Waals surface area contributed by atoms with Crippen LogP contribution in [0.5, 0.6) is 0 Å². The van der Waals surface area contributed by atoms with E-state index < -0.39 is 6.10 Å². The maximum atomic E-state index is 10.4. The molecule has 5 rings (SSSR count). The number of piperidine rings is 1. The van der Waals surface area contributed by atoms with Gasteiger partial charge in [0.15, 0.2) is 0 Å². The zero-order chi connectivity index (χ0) is 18.8. The molecule has 2 aromatic rings. The average molecular weight is 385 g/mol. The first-order valence-corrected chi connectivity index (χ1v) is 10.2. The molecule has 0 bridgehead atoms. The third kappa shape index (κ3) is 2.59. The van der Waals surface area contributed by atoms with Crippen LogP contribution >= 0.6 is 11.6 Å². The van der Waals surface area contributed by atoms with E-state index in [9.17, 15) is 5.11 Å². The second-order valence-electron chi connectivity index (χ2n) is 8.48. The molecule has 0 unspecified atom stereocenters. The zero-order valence-electron chi connectivity index (χ0n) is 15.8. The summed E-state index contributed by atoms with van der Waals surface area (Å²) in [5, 5.41) is 11.2. The largest absolute Gasteiger partial charge is 0.387 e. The van der Waals surface area contributed by atoms with E-state index in [1.54, 1.807) is 6.33 Å². The molecule has 1 aromatic heterocycles. The number of nitrogens with zero attached hydrogens (tertiary/aromatic N) is 4. The van der Waals surface area contributed by atoms with E-state index in [1.165, 1.54) is 11.3 Å². The van der Waals surface area contributed by atoms with Gasteiger partial charge in [0, 0.05) is 28.2 Å². The molecule has 3 aliphatic rings. The van der Waals surface area contributed by atoms with Crippen molar-refractivity contribution in [1.29, 1.82) is 0 Å². The van der Waals surface area contributed by atoms with Crippen LogP contribution in [-0.2, 0) is 5.41 Å². The van der Waals surface area contributed by atoms with Crippen molar-refractivity contribution in [2.45, 2.75) is 43.6 Å².